The smallest absolute Gasteiger partial charge is 0.246 e. The van der Waals surface area contributed by atoms with Gasteiger partial charge >= 0.3 is 0 Å². The van der Waals surface area contributed by atoms with Crippen LogP contribution >= 0.6 is 11.6 Å². The maximum atomic E-state index is 12.9. The second-order valence-corrected chi connectivity index (χ2v) is 8.58. The molecule has 2 atom stereocenters. The van der Waals surface area contributed by atoms with E-state index in [4.69, 9.17) is 25.8 Å². The lowest BCUT2D eigenvalue weighted by molar-refractivity contribution is -0.149. The molecule has 3 aliphatic heterocycles. The highest BCUT2D eigenvalue weighted by atomic mass is 35.5. The molecule has 0 spiro atoms. The third kappa shape index (κ3) is 4.57. The molecule has 3 aliphatic rings. The van der Waals surface area contributed by atoms with Gasteiger partial charge in [-0.3, -0.25) is 9.59 Å². The largest absolute Gasteiger partial charge is 0.454 e. The lowest BCUT2D eigenvalue weighted by atomic mass is 9.94. The van der Waals surface area contributed by atoms with Crippen molar-refractivity contribution in [3.05, 3.63) is 28.8 Å². The Bertz CT molecular complexity index is 840. The number of carbonyl (C=O) groups excluding carboxylic acids is 2. The number of fused-ring (bicyclic) bond motifs is 1. The third-order valence-corrected chi connectivity index (χ3v) is 6.04. The highest BCUT2D eigenvalue weighted by Crippen LogP contribution is 2.40. The van der Waals surface area contributed by atoms with E-state index >= 15 is 0 Å². The Labute approximate surface area is 181 Å². The zero-order chi connectivity index (χ0) is 21.3. The van der Waals surface area contributed by atoms with Crippen LogP contribution in [0.4, 0.5) is 0 Å². The Morgan fingerprint density at radius 3 is 2.47 bits per heavy atom. The molecule has 1 aromatic rings. The van der Waals surface area contributed by atoms with E-state index in [-0.39, 0.29) is 36.7 Å². The maximum absolute atomic E-state index is 12.9. The minimum Gasteiger partial charge on any atom is -0.454 e. The van der Waals surface area contributed by atoms with E-state index in [1.165, 1.54) is 0 Å². The van der Waals surface area contributed by atoms with Crippen molar-refractivity contribution >= 4 is 29.5 Å². The van der Waals surface area contributed by atoms with Crippen molar-refractivity contribution < 1.29 is 23.8 Å². The van der Waals surface area contributed by atoms with Crippen LogP contribution in [0.15, 0.2) is 18.2 Å². The van der Waals surface area contributed by atoms with Gasteiger partial charge in [0.15, 0.2) is 11.5 Å². The molecule has 30 heavy (non-hydrogen) atoms. The first-order chi connectivity index (χ1) is 14.4. The summed E-state index contributed by atoms with van der Waals surface area (Å²) in [5, 5.41) is 0.461. The van der Waals surface area contributed by atoms with E-state index in [1.54, 1.807) is 29.2 Å². The van der Waals surface area contributed by atoms with E-state index < -0.39 is 0 Å². The second-order valence-electron chi connectivity index (χ2n) is 8.17. The van der Waals surface area contributed by atoms with Gasteiger partial charge in [-0.05, 0) is 50.5 Å². The third-order valence-electron chi connectivity index (χ3n) is 5.76. The minimum atomic E-state index is -0.0664. The summed E-state index contributed by atoms with van der Waals surface area (Å²) in [6.07, 6.45) is 4.77. The number of hydrogen-bond acceptors (Lipinski definition) is 5. The number of likely N-dealkylation sites (tertiary alicyclic amines) is 1. The number of nitrogens with zero attached hydrogens (tertiary/aromatic N) is 2. The number of morpholine rings is 1. The van der Waals surface area contributed by atoms with Gasteiger partial charge in [-0.15, -0.1) is 0 Å². The first-order valence-corrected chi connectivity index (χ1v) is 10.8. The van der Waals surface area contributed by atoms with E-state index in [2.05, 4.69) is 0 Å². The molecule has 0 aliphatic carbocycles. The van der Waals surface area contributed by atoms with E-state index in [9.17, 15) is 9.59 Å². The van der Waals surface area contributed by atoms with Crippen molar-refractivity contribution in [3.8, 4) is 11.5 Å². The van der Waals surface area contributed by atoms with E-state index in [1.807, 2.05) is 18.7 Å². The van der Waals surface area contributed by atoms with Gasteiger partial charge in [-0.1, -0.05) is 11.6 Å². The molecule has 2 amide bonds. The molecule has 0 radical (unpaired) electrons. The quantitative estimate of drug-likeness (QED) is 0.684. The fourth-order valence-corrected chi connectivity index (χ4v) is 4.59. The van der Waals surface area contributed by atoms with Gasteiger partial charge in [-0.25, -0.2) is 0 Å². The number of ether oxygens (including phenoxy) is 3. The molecule has 0 bridgehead atoms. The van der Waals surface area contributed by atoms with Crippen LogP contribution in [0.5, 0.6) is 11.5 Å². The molecular formula is C22H27ClN2O5. The van der Waals surface area contributed by atoms with Crippen molar-refractivity contribution in [2.24, 2.45) is 5.92 Å². The average Bonchev–Trinajstić information content (AvgIpc) is 3.20. The van der Waals surface area contributed by atoms with Crippen LogP contribution in [0.25, 0.3) is 6.08 Å². The van der Waals surface area contributed by atoms with Gasteiger partial charge in [-0.2, -0.15) is 0 Å². The molecule has 2 fully saturated rings. The highest BCUT2D eigenvalue weighted by Gasteiger charge is 2.33. The Hall–Kier alpha value is -2.25. The van der Waals surface area contributed by atoms with Crippen molar-refractivity contribution in [2.45, 2.75) is 38.9 Å². The fraction of sp³-hybridized carbons (Fsp3) is 0.545. The van der Waals surface area contributed by atoms with Crippen molar-refractivity contribution in [1.29, 1.82) is 0 Å². The minimum absolute atomic E-state index is 0.0248. The SMILES string of the molecule is CC1CN(C(=O)C2CCN(C(=O)C=Cc3cc(Cl)c4c(c3)OCO4)CC2)CC(C)O1. The zero-order valence-electron chi connectivity index (χ0n) is 17.3. The summed E-state index contributed by atoms with van der Waals surface area (Å²) in [6.45, 7) is 6.59. The number of piperidine rings is 1. The summed E-state index contributed by atoms with van der Waals surface area (Å²) in [4.78, 5) is 29.2. The van der Waals surface area contributed by atoms with E-state index in [0.29, 0.717) is 55.5 Å². The van der Waals surface area contributed by atoms with Crippen LogP contribution in [0.2, 0.25) is 5.02 Å². The first-order valence-electron chi connectivity index (χ1n) is 10.4. The molecule has 2 unspecified atom stereocenters. The molecule has 162 valence electrons. The predicted molar refractivity (Wildman–Crippen MR) is 113 cm³/mol. The monoisotopic (exact) mass is 434 g/mol. The summed E-state index contributed by atoms with van der Waals surface area (Å²) >= 11 is 6.19. The van der Waals surface area contributed by atoms with Crippen LogP contribution in [0, 0.1) is 5.92 Å². The maximum Gasteiger partial charge on any atom is 0.246 e. The van der Waals surface area contributed by atoms with Gasteiger partial charge in [0.1, 0.15) is 0 Å². The second kappa shape index (κ2) is 8.86. The summed E-state index contributed by atoms with van der Waals surface area (Å²) in [7, 11) is 0. The van der Waals surface area contributed by atoms with E-state index in [0.717, 1.165) is 5.56 Å². The number of benzene rings is 1. The van der Waals surface area contributed by atoms with Crippen LogP contribution in [0.1, 0.15) is 32.3 Å². The van der Waals surface area contributed by atoms with Gasteiger partial charge < -0.3 is 24.0 Å². The lowest BCUT2D eigenvalue weighted by Gasteiger charge is -2.39. The Morgan fingerprint density at radius 1 is 1.07 bits per heavy atom. The molecule has 0 N–H and O–H groups in total. The average molecular weight is 435 g/mol. The standard InChI is InChI=1S/C22H27ClN2O5/c1-14-11-25(12-15(2)30-14)22(27)17-5-7-24(8-6-17)20(26)4-3-16-9-18(23)21-19(10-16)28-13-29-21/h3-4,9-10,14-15,17H,5-8,11-13H2,1-2H3. The topological polar surface area (TPSA) is 68.3 Å². The fourth-order valence-electron chi connectivity index (χ4n) is 4.32. The van der Waals surface area contributed by atoms with Crippen LogP contribution < -0.4 is 9.47 Å². The van der Waals surface area contributed by atoms with Gasteiger partial charge in [0, 0.05) is 38.2 Å². The van der Waals surface area contributed by atoms with Crippen molar-refractivity contribution in [2.75, 3.05) is 33.0 Å². The number of halogens is 1. The van der Waals surface area contributed by atoms with Crippen molar-refractivity contribution in [3.63, 3.8) is 0 Å². The molecule has 0 saturated carbocycles. The normalized spacial score (nSPS) is 24.5. The molecule has 2 saturated heterocycles. The molecule has 0 aromatic heterocycles. The molecular weight excluding hydrogens is 408 g/mol. The molecule has 8 heteroatoms. The van der Waals surface area contributed by atoms with Crippen molar-refractivity contribution in [1.82, 2.24) is 9.80 Å². The van der Waals surface area contributed by atoms with Gasteiger partial charge in [0.2, 0.25) is 18.6 Å². The summed E-state index contributed by atoms with van der Waals surface area (Å²) < 4.78 is 16.4. The van der Waals surface area contributed by atoms with Gasteiger partial charge in [0.25, 0.3) is 0 Å². The molecule has 1 aromatic carbocycles. The Balaban J connectivity index is 1.31. The summed E-state index contributed by atoms with van der Waals surface area (Å²) in [5.41, 5.74) is 0.776. The number of hydrogen-bond donors (Lipinski definition) is 0. The van der Waals surface area contributed by atoms with Crippen LogP contribution in [-0.4, -0.2) is 66.8 Å². The summed E-state index contributed by atoms with van der Waals surface area (Å²) in [5.74, 6) is 1.22. The van der Waals surface area contributed by atoms with Gasteiger partial charge in [0.05, 0.1) is 17.2 Å². The molecule has 4 rings (SSSR count). The van der Waals surface area contributed by atoms with Crippen LogP contribution in [0.3, 0.4) is 0 Å². The molecule has 3 heterocycles. The Morgan fingerprint density at radius 2 is 1.77 bits per heavy atom. The molecule has 7 nitrogen and oxygen atoms in total. The summed E-state index contributed by atoms with van der Waals surface area (Å²) in [6, 6.07) is 3.54. The highest BCUT2D eigenvalue weighted by molar-refractivity contribution is 6.32. The number of rotatable bonds is 3. The zero-order valence-corrected chi connectivity index (χ0v) is 18.1. The lowest BCUT2D eigenvalue weighted by Crippen LogP contribution is -2.51. The Kier molecular flexibility index (Phi) is 6.20. The predicted octanol–water partition coefficient (Wildman–Crippen LogP) is 2.96. The van der Waals surface area contributed by atoms with Crippen LogP contribution in [-0.2, 0) is 14.3 Å². The number of amides is 2. The first kappa shape index (κ1) is 21.0. The number of carbonyl (C=O) groups is 2.